The second-order valence-electron chi connectivity index (χ2n) is 7.08. The van der Waals surface area contributed by atoms with Crippen molar-refractivity contribution in [1.82, 2.24) is 0 Å². The van der Waals surface area contributed by atoms with Crippen LogP contribution < -0.4 is 4.74 Å². The molecule has 0 aromatic heterocycles. The maximum absolute atomic E-state index is 12.2. The van der Waals surface area contributed by atoms with Crippen molar-refractivity contribution in [3.8, 4) is 5.75 Å². The van der Waals surface area contributed by atoms with Gasteiger partial charge in [0.1, 0.15) is 5.75 Å². The van der Waals surface area contributed by atoms with Gasteiger partial charge >= 0.3 is 6.61 Å². The smallest absolute Gasteiger partial charge is 0.387 e. The van der Waals surface area contributed by atoms with E-state index in [2.05, 4.69) is 23.5 Å². The first-order valence-corrected chi connectivity index (χ1v) is 9.02. The minimum absolute atomic E-state index is 0.224. The van der Waals surface area contributed by atoms with Crippen molar-refractivity contribution in [1.29, 1.82) is 0 Å². The minimum atomic E-state index is -2.76. The van der Waals surface area contributed by atoms with Crippen molar-refractivity contribution in [2.45, 2.75) is 51.6 Å². The van der Waals surface area contributed by atoms with E-state index in [1.807, 2.05) is 12.1 Å². The van der Waals surface area contributed by atoms with Crippen LogP contribution in [0.25, 0.3) is 5.57 Å². The Morgan fingerprint density at radius 1 is 1.00 bits per heavy atom. The number of allylic oxidation sites excluding steroid dienone is 3. The lowest BCUT2D eigenvalue weighted by Gasteiger charge is -2.34. The predicted octanol–water partition coefficient (Wildman–Crippen LogP) is 6.46. The predicted molar refractivity (Wildman–Crippen MR) is 94.0 cm³/mol. The molecule has 24 heavy (non-hydrogen) atoms. The summed E-state index contributed by atoms with van der Waals surface area (Å²) >= 11 is 0. The molecule has 0 heterocycles. The lowest BCUT2D eigenvalue weighted by molar-refractivity contribution is -0.0498. The van der Waals surface area contributed by atoms with Crippen LogP contribution in [0.4, 0.5) is 8.78 Å². The third-order valence-corrected chi connectivity index (χ3v) is 5.72. The van der Waals surface area contributed by atoms with E-state index in [1.54, 1.807) is 12.1 Å². The number of ether oxygens (including phenoxy) is 1. The van der Waals surface area contributed by atoms with Gasteiger partial charge in [0.2, 0.25) is 0 Å². The summed E-state index contributed by atoms with van der Waals surface area (Å²) in [6.07, 6.45) is 13.2. The zero-order valence-electron chi connectivity index (χ0n) is 14.1. The van der Waals surface area contributed by atoms with Crippen LogP contribution >= 0.6 is 0 Å². The lowest BCUT2D eigenvalue weighted by Crippen LogP contribution is -2.22. The molecule has 0 saturated heterocycles. The zero-order chi connectivity index (χ0) is 16.9. The van der Waals surface area contributed by atoms with E-state index >= 15 is 0 Å². The first kappa shape index (κ1) is 17.2. The van der Waals surface area contributed by atoms with Crippen molar-refractivity contribution in [3.63, 3.8) is 0 Å². The number of hydrogen-bond acceptors (Lipinski definition) is 1. The Bertz CT molecular complexity index is 568. The van der Waals surface area contributed by atoms with Gasteiger partial charge < -0.3 is 4.74 Å². The Morgan fingerprint density at radius 2 is 1.71 bits per heavy atom. The monoisotopic (exact) mass is 332 g/mol. The Balaban J connectivity index is 1.56. The fourth-order valence-corrected chi connectivity index (χ4v) is 4.25. The minimum Gasteiger partial charge on any atom is -0.435 e. The van der Waals surface area contributed by atoms with E-state index in [1.165, 1.54) is 37.7 Å². The van der Waals surface area contributed by atoms with E-state index in [4.69, 9.17) is 0 Å². The molecule has 2 aliphatic carbocycles. The number of halogens is 2. The normalized spacial score (nSPS) is 27.6. The van der Waals surface area contributed by atoms with Gasteiger partial charge in [-0.3, -0.25) is 0 Å². The average molecular weight is 332 g/mol. The molecule has 2 aliphatic rings. The molecule has 0 spiro atoms. The molecule has 130 valence electrons. The van der Waals surface area contributed by atoms with E-state index < -0.39 is 6.61 Å². The molecule has 1 unspecified atom stereocenters. The number of alkyl halides is 2. The highest BCUT2D eigenvalue weighted by Gasteiger charge is 2.27. The molecule has 3 heteroatoms. The molecule has 0 N–H and O–H groups in total. The summed E-state index contributed by atoms with van der Waals surface area (Å²) < 4.78 is 28.8. The molecule has 1 fully saturated rings. The van der Waals surface area contributed by atoms with Crippen LogP contribution in [0.15, 0.2) is 43.0 Å². The summed E-state index contributed by atoms with van der Waals surface area (Å²) in [5.41, 5.74) is 2.47. The van der Waals surface area contributed by atoms with E-state index in [9.17, 15) is 8.78 Å². The summed E-state index contributed by atoms with van der Waals surface area (Å²) in [4.78, 5) is 0. The third kappa shape index (κ3) is 4.25. The SMILES string of the molecule is C=CC1CCC(C2CC=C(c3ccc(OC(F)F)cc3)CC2)CC1. The van der Waals surface area contributed by atoms with Gasteiger partial charge in [-0.15, -0.1) is 6.58 Å². The molecular weight excluding hydrogens is 306 g/mol. The lowest BCUT2D eigenvalue weighted by atomic mass is 9.71. The maximum Gasteiger partial charge on any atom is 0.387 e. The maximum atomic E-state index is 12.2. The second-order valence-corrected chi connectivity index (χ2v) is 7.08. The van der Waals surface area contributed by atoms with Gasteiger partial charge in [-0.1, -0.05) is 24.3 Å². The summed E-state index contributed by atoms with van der Waals surface area (Å²) in [6.45, 7) is 1.16. The molecule has 0 radical (unpaired) electrons. The summed E-state index contributed by atoms with van der Waals surface area (Å²) in [7, 11) is 0. The van der Waals surface area contributed by atoms with Crippen molar-refractivity contribution in [2.75, 3.05) is 0 Å². The van der Waals surface area contributed by atoms with Crippen LogP contribution in [0, 0.1) is 17.8 Å². The zero-order valence-corrected chi connectivity index (χ0v) is 14.1. The highest BCUT2D eigenvalue weighted by atomic mass is 19.3. The summed E-state index contributed by atoms with van der Waals surface area (Å²) in [6, 6.07) is 7.04. The largest absolute Gasteiger partial charge is 0.435 e. The van der Waals surface area contributed by atoms with Gasteiger partial charge in [0, 0.05) is 0 Å². The molecule has 0 aliphatic heterocycles. The van der Waals surface area contributed by atoms with Gasteiger partial charge in [0.15, 0.2) is 0 Å². The Labute approximate surface area is 143 Å². The fraction of sp³-hybridized carbons (Fsp3) is 0.524. The molecule has 0 bridgehead atoms. The van der Waals surface area contributed by atoms with Crippen molar-refractivity contribution < 1.29 is 13.5 Å². The molecule has 1 aromatic rings. The Hall–Kier alpha value is -1.64. The number of hydrogen-bond donors (Lipinski definition) is 0. The van der Waals surface area contributed by atoms with Crippen LogP contribution in [-0.2, 0) is 0 Å². The number of benzene rings is 1. The first-order chi connectivity index (χ1) is 11.7. The van der Waals surface area contributed by atoms with E-state index in [-0.39, 0.29) is 5.75 Å². The molecule has 3 rings (SSSR count). The van der Waals surface area contributed by atoms with Gasteiger partial charge in [-0.05, 0) is 86.0 Å². The Morgan fingerprint density at radius 3 is 2.25 bits per heavy atom. The van der Waals surface area contributed by atoms with Gasteiger partial charge in [-0.25, -0.2) is 0 Å². The fourth-order valence-electron chi connectivity index (χ4n) is 4.25. The molecule has 1 nitrogen and oxygen atoms in total. The van der Waals surface area contributed by atoms with E-state index in [0.717, 1.165) is 36.2 Å². The molecule has 0 amide bonds. The van der Waals surface area contributed by atoms with Gasteiger partial charge in [0.25, 0.3) is 0 Å². The van der Waals surface area contributed by atoms with Crippen LogP contribution in [0.3, 0.4) is 0 Å². The average Bonchev–Trinajstić information content (AvgIpc) is 2.62. The van der Waals surface area contributed by atoms with E-state index in [0.29, 0.717) is 0 Å². The third-order valence-electron chi connectivity index (χ3n) is 5.72. The Kier molecular flexibility index (Phi) is 5.70. The van der Waals surface area contributed by atoms with Crippen molar-refractivity contribution in [2.24, 2.45) is 17.8 Å². The van der Waals surface area contributed by atoms with Crippen molar-refractivity contribution in [3.05, 3.63) is 48.6 Å². The number of rotatable bonds is 5. The molecule has 1 aromatic carbocycles. The molecule has 1 saturated carbocycles. The highest BCUT2D eigenvalue weighted by Crippen LogP contribution is 2.41. The topological polar surface area (TPSA) is 9.23 Å². The van der Waals surface area contributed by atoms with Crippen LogP contribution in [0.5, 0.6) is 5.75 Å². The highest BCUT2D eigenvalue weighted by molar-refractivity contribution is 5.66. The summed E-state index contributed by atoms with van der Waals surface area (Å²) in [5, 5.41) is 0. The van der Waals surface area contributed by atoms with Crippen LogP contribution in [0.1, 0.15) is 50.5 Å². The summed E-state index contributed by atoms with van der Waals surface area (Å²) in [5.74, 6) is 2.62. The van der Waals surface area contributed by atoms with Gasteiger partial charge in [-0.2, -0.15) is 8.78 Å². The van der Waals surface area contributed by atoms with Gasteiger partial charge in [0.05, 0.1) is 0 Å². The quantitative estimate of drug-likeness (QED) is 0.562. The van der Waals surface area contributed by atoms with Crippen LogP contribution in [-0.4, -0.2) is 6.61 Å². The van der Waals surface area contributed by atoms with Crippen molar-refractivity contribution >= 4 is 5.57 Å². The molecule has 1 atom stereocenters. The van der Waals surface area contributed by atoms with Crippen LogP contribution in [0.2, 0.25) is 0 Å². The standard InChI is InChI=1S/C21H26F2O/c1-2-15-3-5-16(6-4-15)17-7-9-18(10-8-17)19-11-13-20(14-12-19)24-21(22)23/h2,9,11-17,21H,1,3-8,10H2. The molecular formula is C21H26F2O. The first-order valence-electron chi connectivity index (χ1n) is 9.02. The second kappa shape index (κ2) is 7.96.